The fourth-order valence-corrected chi connectivity index (χ4v) is 14.3. The Morgan fingerprint density at radius 3 is 1.09 bits per heavy atom. The van der Waals surface area contributed by atoms with Crippen LogP contribution in [0.25, 0.3) is 0 Å². The summed E-state index contributed by atoms with van der Waals surface area (Å²) in [6, 6.07) is -5.45. The van der Waals surface area contributed by atoms with Gasteiger partial charge >= 0.3 is 5.97 Å². The number of hydrogen-bond acceptors (Lipinski definition) is 24. The number of nitrogens with one attached hydrogen (secondary N) is 18. The van der Waals surface area contributed by atoms with Gasteiger partial charge in [-0.05, 0) is 144 Å². The molecule has 15 atom stereocenters. The number of likely N-dealkylation sites (tertiary alicyclic amines) is 1. The Bertz CT molecular complexity index is 4130. The van der Waals surface area contributed by atoms with Crippen LogP contribution in [0, 0.1) is 40.4 Å². The zero-order chi connectivity index (χ0) is 99.0. The van der Waals surface area contributed by atoms with Crippen LogP contribution in [0.4, 0.5) is 0 Å². The van der Waals surface area contributed by atoms with Gasteiger partial charge in [0.25, 0.3) is 0 Å². The minimum Gasteiger partial charge on any atom is -0.480 e. The molecule has 0 spiro atoms. The Kier molecular flexibility index (Phi) is 51.7. The first-order chi connectivity index (χ1) is 62.3. The molecule has 45 nitrogen and oxygen atoms in total. The molecule has 0 aliphatic carbocycles. The molecule has 45 heteroatoms. The van der Waals surface area contributed by atoms with Gasteiger partial charge in [-0.2, -0.15) is 0 Å². The number of amides is 16. The summed E-state index contributed by atoms with van der Waals surface area (Å²) in [6.45, 7) is 14.1. The van der Waals surface area contributed by atoms with Crippen LogP contribution < -0.4 is 114 Å². The molecule has 1 aliphatic heterocycles. The van der Waals surface area contributed by atoms with Gasteiger partial charge in [-0.15, -0.1) is 0 Å². The van der Waals surface area contributed by atoms with Crippen molar-refractivity contribution < 1.29 is 102 Å². The number of carboxylic acid groups (broad SMARTS) is 1. The smallest absolute Gasteiger partial charge is 0.328 e. The highest BCUT2D eigenvalue weighted by molar-refractivity contribution is 6.01. The number of rotatable bonds is 62. The van der Waals surface area contributed by atoms with Crippen LogP contribution in [-0.2, 0) is 94.3 Å². The van der Waals surface area contributed by atoms with Crippen molar-refractivity contribution in [2.45, 2.75) is 275 Å². The molecule has 3 rings (SSSR count). The van der Waals surface area contributed by atoms with E-state index in [0.29, 0.717) is 24.0 Å². The molecular weight excluding hydrogens is 1720 g/mol. The van der Waals surface area contributed by atoms with Crippen molar-refractivity contribution >= 4 is 112 Å². The fraction of sp³-hybridized carbons (Fsp3) is 0.644. The number of nitrogens with zero attached hydrogens (tertiary/aromatic N) is 1. The molecule has 0 saturated carbocycles. The summed E-state index contributed by atoms with van der Waals surface area (Å²) < 4.78 is 0. The number of unbranched alkanes of at least 4 members (excludes halogenated alkanes) is 1. The molecule has 16 amide bonds. The van der Waals surface area contributed by atoms with Crippen LogP contribution in [0.1, 0.15) is 183 Å². The molecule has 1 aliphatic rings. The van der Waals surface area contributed by atoms with Gasteiger partial charge in [0.1, 0.15) is 84.6 Å². The van der Waals surface area contributed by atoms with Crippen LogP contribution in [-0.4, -0.2) is 281 Å². The molecule has 0 aromatic heterocycles. The monoisotopic (exact) mass is 1860 g/mol. The van der Waals surface area contributed by atoms with Gasteiger partial charge in [-0.25, -0.2) is 4.79 Å². The lowest BCUT2D eigenvalue weighted by Gasteiger charge is -2.32. The van der Waals surface area contributed by atoms with E-state index in [2.05, 4.69) is 85.1 Å². The number of aliphatic carboxylic acids is 1. The molecule has 32 N–H and O–H groups in total. The van der Waals surface area contributed by atoms with Crippen molar-refractivity contribution in [2.75, 3.05) is 52.5 Å². The summed E-state index contributed by atoms with van der Waals surface area (Å²) in [4.78, 5) is 240. The number of carbonyl (C=O) groups excluding carboxylic acids is 16. The second kappa shape index (κ2) is 59.9. The van der Waals surface area contributed by atoms with Gasteiger partial charge in [0.2, 0.25) is 94.5 Å². The zero-order valence-corrected chi connectivity index (χ0v) is 77.3. The maximum atomic E-state index is 15.2. The van der Waals surface area contributed by atoms with Crippen molar-refractivity contribution in [3.8, 4) is 0 Å². The van der Waals surface area contributed by atoms with Crippen LogP contribution in [0.15, 0.2) is 60.7 Å². The van der Waals surface area contributed by atoms with Crippen LogP contribution in [0.3, 0.4) is 0 Å². The Balaban J connectivity index is 1.97. The molecule has 2 aromatic carbocycles. The first-order valence-electron chi connectivity index (χ1n) is 44.9. The van der Waals surface area contributed by atoms with Gasteiger partial charge in [0.05, 0.1) is 32.4 Å². The lowest BCUT2D eigenvalue weighted by atomic mass is 9.98. The third-order valence-electron chi connectivity index (χ3n) is 21.1. The lowest BCUT2D eigenvalue weighted by molar-refractivity contribution is -0.143. The summed E-state index contributed by atoms with van der Waals surface area (Å²) >= 11 is 0. The number of carboxylic acids is 1. The zero-order valence-electron chi connectivity index (χ0n) is 77.3. The number of nitrogens with two attached hydrogens (primary N) is 5. The highest BCUT2D eigenvalue weighted by Crippen LogP contribution is 2.23. The normalized spacial score (nSPS) is 15.6. The number of primary amides is 1. The van der Waals surface area contributed by atoms with Gasteiger partial charge in [-0.3, -0.25) is 87.5 Å². The number of aliphatic hydroxyl groups is 3. The van der Waals surface area contributed by atoms with E-state index < -0.39 is 242 Å². The van der Waals surface area contributed by atoms with Gasteiger partial charge in [0, 0.05) is 38.9 Å². The number of aliphatic hydroxyl groups excluding tert-OH is 3. The molecule has 738 valence electrons. The van der Waals surface area contributed by atoms with Crippen molar-refractivity contribution in [3.63, 3.8) is 0 Å². The highest BCUT2D eigenvalue weighted by Gasteiger charge is 2.43. The molecule has 2 aromatic rings. The second-order valence-corrected chi connectivity index (χ2v) is 35.0. The third-order valence-corrected chi connectivity index (χ3v) is 21.1. The van der Waals surface area contributed by atoms with E-state index in [-0.39, 0.29) is 146 Å². The predicted octanol–water partition coefficient (Wildman–Crippen LogP) is -5.58. The summed E-state index contributed by atoms with van der Waals surface area (Å²) in [5, 5.41) is 96.7. The van der Waals surface area contributed by atoms with E-state index in [4.69, 9.17) is 39.5 Å². The van der Waals surface area contributed by atoms with Crippen molar-refractivity contribution in [1.82, 2.24) is 90.0 Å². The maximum Gasteiger partial charge on any atom is 0.328 e. The molecule has 132 heavy (non-hydrogen) atoms. The average Bonchev–Trinajstić information content (AvgIpc) is 1.56. The van der Waals surface area contributed by atoms with E-state index in [1.165, 1.54) is 4.90 Å². The van der Waals surface area contributed by atoms with E-state index in [9.17, 15) is 87.5 Å². The molecule has 0 unspecified atom stereocenters. The first kappa shape index (κ1) is 114. The summed E-state index contributed by atoms with van der Waals surface area (Å²) in [6.07, 6.45) is -0.571. The standard InChI is InChI=1S/C87H144N24O21/c1-47(2)36-54(89)71(117)97-43-70(116)98-65(44-112)81(127)104-59(37-48(3)4)76(122)101-58(30-31-69(90)115)75(121)109-66(45-113)82(128)105-60(38-49(5)6)77(123)103-61(39-50(7)8)78(124)108-64(40-51(9)10)84(130)111-35-21-29-68(111)83(129)102-57(28-20-34-96-87(93)94)74(120)106-62(41-52-22-13-11-14-23-52)79(125)100-55(26-17-18-32-88)72(118)99-56(27-19-33-95-86(91)92)73(119)107-63(42-53-24-15-12-16-25-53)80(126)110-67(46-114)85(131)132/h11-16,22-25,47-51,54-68,112-114H,17-21,26-46,88-89H2,1-10H3,(H2,90,115)(H,97,117)(H,98,116)(H,99,118)(H,100,125)(H,101,122)(H,102,129)(H,103,123)(H,104,127)(H,105,128)(H,106,120)(H,107,119)(H,108,124)(H,109,121)(H,110,126)(H,131,132)(H4,91,92,95)(H4,93,94,96)/t54-,55-,56-,57-,58-,59-,60-,61-,62-,63-,64-,65-,66-,67-,68-/m0/s1. The van der Waals surface area contributed by atoms with Gasteiger partial charge in [-0.1, -0.05) is 130 Å². The average molecular weight is 1860 g/mol. The molecule has 0 bridgehead atoms. The predicted molar refractivity (Wildman–Crippen MR) is 487 cm³/mol. The number of guanidine groups is 2. The van der Waals surface area contributed by atoms with E-state index in [0.717, 1.165) is 0 Å². The van der Waals surface area contributed by atoms with Gasteiger partial charge < -0.3 is 139 Å². The van der Waals surface area contributed by atoms with E-state index >= 15 is 14.4 Å². The van der Waals surface area contributed by atoms with Gasteiger partial charge in [0.15, 0.2) is 11.9 Å². The topological polar surface area (TPSA) is 745 Å². The molecule has 1 fully saturated rings. The van der Waals surface area contributed by atoms with E-state index in [1.807, 2.05) is 13.8 Å². The fourth-order valence-electron chi connectivity index (χ4n) is 14.3. The van der Waals surface area contributed by atoms with Crippen molar-refractivity contribution in [3.05, 3.63) is 71.8 Å². The minimum absolute atomic E-state index is 0.00347. The summed E-state index contributed by atoms with van der Waals surface area (Å²) in [7, 11) is 0. The number of carbonyl (C=O) groups is 17. The maximum absolute atomic E-state index is 15.2. The first-order valence-corrected chi connectivity index (χ1v) is 44.9. The lowest BCUT2D eigenvalue weighted by Crippen LogP contribution is -2.61. The second-order valence-electron chi connectivity index (χ2n) is 35.0. The summed E-state index contributed by atoms with van der Waals surface area (Å²) in [5.74, 6) is -18.2. The van der Waals surface area contributed by atoms with Crippen molar-refractivity contribution in [1.29, 1.82) is 10.8 Å². The Labute approximate surface area is 769 Å². The quantitative estimate of drug-likeness (QED) is 0.0167. The Morgan fingerprint density at radius 1 is 0.386 bits per heavy atom. The van der Waals surface area contributed by atoms with E-state index in [1.54, 1.807) is 116 Å². The summed E-state index contributed by atoms with van der Waals surface area (Å²) in [5.41, 5.74) is 29.5. The van der Waals surface area contributed by atoms with Crippen LogP contribution in [0.2, 0.25) is 0 Å². The third kappa shape index (κ3) is 43.2. The van der Waals surface area contributed by atoms with Crippen LogP contribution >= 0.6 is 0 Å². The van der Waals surface area contributed by atoms with Crippen molar-refractivity contribution in [2.24, 2.45) is 58.3 Å². The minimum atomic E-state index is -1.85. The largest absolute Gasteiger partial charge is 0.480 e. The molecule has 0 radical (unpaired) electrons. The molecule has 1 heterocycles. The van der Waals surface area contributed by atoms with Crippen LogP contribution in [0.5, 0.6) is 0 Å². The Hall–Kier alpha value is -12.2. The Morgan fingerprint density at radius 2 is 0.712 bits per heavy atom. The number of benzene rings is 2. The molecular formula is C87H144N24O21. The molecule has 1 saturated heterocycles. The highest BCUT2D eigenvalue weighted by atomic mass is 16.4. The number of hydrogen-bond donors (Lipinski definition) is 27. The SMILES string of the molecule is CC(C)C[C@H](NC(=O)[C@H](CO)NC(=O)CNC(=O)[C@@H](N)CC(C)C)C(=O)N[C@@H](CCC(N)=O)C(=O)N[C@@H](CO)C(=O)N[C@@H](CC(C)C)C(=O)N[C@@H](CC(C)C)C(=O)N[C@@H](CC(C)C)C(=O)N1CCC[C@H]1C(=O)N[C@@H](CCCNC(=N)N)C(=O)N[C@@H](Cc1ccccc1)C(=O)N[C@@H](CCCCN)C(=O)N[C@@H](CCCNC(=N)N)C(=O)N[C@@H](Cc1ccccc1)C(=O)N[C@@H](CO)C(=O)O.